The summed E-state index contributed by atoms with van der Waals surface area (Å²) >= 11 is 0. The highest BCUT2D eigenvalue weighted by Gasteiger charge is 2.44. The summed E-state index contributed by atoms with van der Waals surface area (Å²) in [6, 6.07) is 0. The molecule has 15 heavy (non-hydrogen) atoms. The van der Waals surface area contributed by atoms with Crippen molar-refractivity contribution >= 4 is 5.91 Å². The van der Waals surface area contributed by atoms with Crippen molar-refractivity contribution in [3.05, 3.63) is 0 Å². The second-order valence-corrected chi connectivity index (χ2v) is 4.36. The minimum atomic E-state index is 0.116. The normalized spacial score (nSPS) is 33.3. The molecule has 2 heterocycles. The van der Waals surface area contributed by atoms with E-state index in [9.17, 15) is 4.79 Å². The summed E-state index contributed by atoms with van der Waals surface area (Å²) < 4.78 is 5.66. The van der Waals surface area contributed by atoms with Crippen LogP contribution in [0, 0.1) is 5.92 Å². The lowest BCUT2D eigenvalue weighted by Gasteiger charge is -2.17. The van der Waals surface area contributed by atoms with Crippen LogP contribution >= 0.6 is 0 Å². The van der Waals surface area contributed by atoms with Crippen LogP contribution in [0.2, 0.25) is 0 Å². The van der Waals surface area contributed by atoms with Crippen LogP contribution in [0.25, 0.3) is 0 Å². The lowest BCUT2D eigenvalue weighted by atomic mass is 9.88. The third-order valence-electron chi connectivity index (χ3n) is 3.29. The predicted octanol–water partition coefficient (Wildman–Crippen LogP) is 0.280. The van der Waals surface area contributed by atoms with E-state index < -0.39 is 0 Å². The summed E-state index contributed by atoms with van der Waals surface area (Å²) in [4.78, 5) is 11.8. The van der Waals surface area contributed by atoms with Crippen LogP contribution in [0.4, 0.5) is 0 Å². The van der Waals surface area contributed by atoms with Gasteiger partial charge in [-0.15, -0.1) is 0 Å². The number of carbonyl (C=O) groups excluding carboxylic acids is 1. The SMILES string of the molecule is CCNCCNC(=O)C1CC2CCC1O2. The summed E-state index contributed by atoms with van der Waals surface area (Å²) in [5.74, 6) is 0.297. The number of likely N-dealkylation sites (N-methyl/N-ethyl adjacent to an activating group) is 1. The van der Waals surface area contributed by atoms with Gasteiger partial charge in [-0.05, 0) is 25.8 Å². The van der Waals surface area contributed by atoms with E-state index in [1.807, 2.05) is 0 Å². The highest BCUT2D eigenvalue weighted by molar-refractivity contribution is 5.79. The number of ether oxygens (including phenoxy) is 1. The van der Waals surface area contributed by atoms with Crippen LogP contribution < -0.4 is 10.6 Å². The standard InChI is InChI=1S/C11H20N2O2/c1-2-12-5-6-13-11(14)9-7-8-3-4-10(9)15-8/h8-10,12H,2-7H2,1H3,(H,13,14). The van der Waals surface area contributed by atoms with Gasteiger partial charge in [-0.2, -0.15) is 0 Å². The van der Waals surface area contributed by atoms with Crippen LogP contribution in [0.3, 0.4) is 0 Å². The molecule has 2 rings (SSSR count). The van der Waals surface area contributed by atoms with Gasteiger partial charge in [0.05, 0.1) is 18.1 Å². The number of hydrogen-bond donors (Lipinski definition) is 2. The Hall–Kier alpha value is -0.610. The van der Waals surface area contributed by atoms with Gasteiger partial charge in [0, 0.05) is 13.1 Å². The Morgan fingerprint density at radius 1 is 1.40 bits per heavy atom. The van der Waals surface area contributed by atoms with Gasteiger partial charge in [0.1, 0.15) is 0 Å². The first-order chi connectivity index (χ1) is 7.31. The fourth-order valence-corrected chi connectivity index (χ4v) is 2.50. The van der Waals surface area contributed by atoms with Crippen LogP contribution in [-0.2, 0) is 9.53 Å². The fourth-order valence-electron chi connectivity index (χ4n) is 2.50. The van der Waals surface area contributed by atoms with E-state index >= 15 is 0 Å². The molecule has 86 valence electrons. The lowest BCUT2D eigenvalue weighted by molar-refractivity contribution is -0.126. The molecule has 2 saturated heterocycles. The van der Waals surface area contributed by atoms with Crippen molar-refractivity contribution in [2.24, 2.45) is 5.92 Å². The van der Waals surface area contributed by atoms with Crippen molar-refractivity contribution in [1.82, 2.24) is 10.6 Å². The van der Waals surface area contributed by atoms with Crippen LogP contribution in [0.15, 0.2) is 0 Å². The van der Waals surface area contributed by atoms with Crippen molar-refractivity contribution in [3.63, 3.8) is 0 Å². The monoisotopic (exact) mass is 212 g/mol. The third kappa shape index (κ3) is 2.49. The Kier molecular flexibility index (Phi) is 3.59. The van der Waals surface area contributed by atoms with Gasteiger partial charge >= 0.3 is 0 Å². The quantitative estimate of drug-likeness (QED) is 0.644. The minimum absolute atomic E-state index is 0.116. The highest BCUT2D eigenvalue weighted by Crippen LogP contribution is 2.38. The Morgan fingerprint density at radius 3 is 2.87 bits per heavy atom. The molecule has 3 atom stereocenters. The average molecular weight is 212 g/mol. The molecule has 0 radical (unpaired) electrons. The maximum atomic E-state index is 11.8. The molecule has 3 unspecified atom stereocenters. The fraction of sp³-hybridized carbons (Fsp3) is 0.909. The molecule has 2 aliphatic rings. The molecule has 2 bridgehead atoms. The number of amides is 1. The number of fused-ring (bicyclic) bond motifs is 2. The zero-order valence-corrected chi connectivity index (χ0v) is 9.29. The summed E-state index contributed by atoms with van der Waals surface area (Å²) in [6.07, 6.45) is 3.70. The molecule has 0 aromatic carbocycles. The molecule has 4 nitrogen and oxygen atoms in total. The zero-order chi connectivity index (χ0) is 10.7. The molecular formula is C11H20N2O2. The van der Waals surface area contributed by atoms with Crippen molar-refractivity contribution in [1.29, 1.82) is 0 Å². The van der Waals surface area contributed by atoms with E-state index in [4.69, 9.17) is 4.74 Å². The molecule has 2 aliphatic heterocycles. The molecule has 0 spiro atoms. The van der Waals surface area contributed by atoms with Gasteiger partial charge in [-0.1, -0.05) is 6.92 Å². The molecule has 0 aliphatic carbocycles. The van der Waals surface area contributed by atoms with E-state index in [-0.39, 0.29) is 17.9 Å². The average Bonchev–Trinajstić information content (AvgIpc) is 2.85. The maximum Gasteiger partial charge on any atom is 0.225 e. The Bertz CT molecular complexity index is 233. The van der Waals surface area contributed by atoms with E-state index in [1.54, 1.807) is 0 Å². The molecule has 2 N–H and O–H groups in total. The van der Waals surface area contributed by atoms with Gasteiger partial charge in [0.15, 0.2) is 0 Å². The molecule has 2 fully saturated rings. The van der Waals surface area contributed by atoms with E-state index in [2.05, 4.69) is 17.6 Å². The van der Waals surface area contributed by atoms with Crippen LogP contribution in [0.5, 0.6) is 0 Å². The second-order valence-electron chi connectivity index (χ2n) is 4.36. The molecular weight excluding hydrogens is 192 g/mol. The highest BCUT2D eigenvalue weighted by atomic mass is 16.5. The number of rotatable bonds is 5. The summed E-state index contributed by atoms with van der Waals surface area (Å²) in [5.41, 5.74) is 0. The van der Waals surface area contributed by atoms with Gasteiger partial charge in [0.25, 0.3) is 0 Å². The van der Waals surface area contributed by atoms with Crippen LogP contribution in [0.1, 0.15) is 26.2 Å². The van der Waals surface area contributed by atoms with Crippen molar-refractivity contribution in [2.45, 2.75) is 38.4 Å². The Morgan fingerprint density at radius 2 is 2.27 bits per heavy atom. The van der Waals surface area contributed by atoms with Gasteiger partial charge in [-0.3, -0.25) is 4.79 Å². The Balaban J connectivity index is 1.68. The zero-order valence-electron chi connectivity index (χ0n) is 9.29. The van der Waals surface area contributed by atoms with E-state index in [1.165, 1.54) is 0 Å². The topological polar surface area (TPSA) is 50.4 Å². The molecule has 0 saturated carbocycles. The molecule has 4 heteroatoms. The predicted molar refractivity (Wildman–Crippen MR) is 57.6 cm³/mol. The maximum absolute atomic E-state index is 11.8. The number of nitrogens with one attached hydrogen (secondary N) is 2. The summed E-state index contributed by atoms with van der Waals surface area (Å²) in [7, 11) is 0. The summed E-state index contributed by atoms with van der Waals surface area (Å²) in [5, 5.41) is 6.15. The smallest absolute Gasteiger partial charge is 0.225 e. The van der Waals surface area contributed by atoms with Crippen molar-refractivity contribution in [2.75, 3.05) is 19.6 Å². The first-order valence-corrected chi connectivity index (χ1v) is 5.95. The minimum Gasteiger partial charge on any atom is -0.374 e. The van der Waals surface area contributed by atoms with Crippen molar-refractivity contribution in [3.8, 4) is 0 Å². The second kappa shape index (κ2) is 4.94. The van der Waals surface area contributed by atoms with Gasteiger partial charge in [0.2, 0.25) is 5.91 Å². The Labute approximate surface area is 90.8 Å². The lowest BCUT2D eigenvalue weighted by Crippen LogP contribution is -2.39. The third-order valence-corrected chi connectivity index (χ3v) is 3.29. The first-order valence-electron chi connectivity index (χ1n) is 5.95. The van der Waals surface area contributed by atoms with Crippen molar-refractivity contribution < 1.29 is 9.53 Å². The first kappa shape index (κ1) is 10.9. The molecule has 0 aromatic rings. The number of carbonyl (C=O) groups is 1. The number of hydrogen-bond acceptors (Lipinski definition) is 3. The summed E-state index contributed by atoms with van der Waals surface area (Å²) in [6.45, 7) is 4.59. The van der Waals surface area contributed by atoms with Crippen LogP contribution in [-0.4, -0.2) is 37.7 Å². The van der Waals surface area contributed by atoms with E-state index in [0.29, 0.717) is 6.10 Å². The molecule has 0 aromatic heterocycles. The molecule has 1 amide bonds. The largest absolute Gasteiger partial charge is 0.374 e. The van der Waals surface area contributed by atoms with Gasteiger partial charge in [-0.25, -0.2) is 0 Å². The van der Waals surface area contributed by atoms with E-state index in [0.717, 1.165) is 38.9 Å². The van der Waals surface area contributed by atoms with Gasteiger partial charge < -0.3 is 15.4 Å².